The van der Waals surface area contributed by atoms with E-state index in [0.717, 1.165) is 6.42 Å². The van der Waals surface area contributed by atoms with Crippen molar-refractivity contribution in [2.24, 2.45) is 11.8 Å². The van der Waals surface area contributed by atoms with Crippen molar-refractivity contribution >= 4 is 32.5 Å². The minimum absolute atomic E-state index is 0.0335. The Labute approximate surface area is 97.6 Å². The van der Waals surface area contributed by atoms with Crippen LogP contribution in [0.15, 0.2) is 0 Å². The first-order valence-electron chi connectivity index (χ1n) is 4.57. The number of rotatable bonds is 6. The van der Waals surface area contributed by atoms with Crippen molar-refractivity contribution in [3.8, 4) is 0 Å². The SMILES string of the molecule is CC(C)C[C@H](CNC(=O)I)CC(=O)O. The highest BCUT2D eigenvalue weighted by Crippen LogP contribution is 2.14. The summed E-state index contributed by atoms with van der Waals surface area (Å²) in [7, 11) is 0. The summed E-state index contributed by atoms with van der Waals surface area (Å²) in [5.41, 5.74) is 0. The standard InChI is InChI=1S/C9H16INO3/c1-6(2)3-7(4-8(12)13)5-11-9(10)14/h6-7H,3-5H2,1-2H3,(H,11,14)(H,12,13)/t7-/m0/s1. The number of amides is 1. The molecule has 0 spiro atoms. The third-order valence-corrected chi connectivity index (χ3v) is 2.18. The van der Waals surface area contributed by atoms with Gasteiger partial charge in [-0.05, 0) is 18.3 Å². The molecule has 0 unspecified atom stereocenters. The molecule has 1 atom stereocenters. The molecule has 0 aliphatic heterocycles. The summed E-state index contributed by atoms with van der Waals surface area (Å²) in [5.74, 6) is -0.324. The molecule has 4 nitrogen and oxygen atoms in total. The molecule has 0 aromatic heterocycles. The van der Waals surface area contributed by atoms with Crippen molar-refractivity contribution in [1.29, 1.82) is 0 Å². The van der Waals surface area contributed by atoms with Crippen LogP contribution in [0.1, 0.15) is 26.7 Å². The lowest BCUT2D eigenvalue weighted by molar-refractivity contribution is -0.138. The van der Waals surface area contributed by atoms with E-state index in [1.807, 2.05) is 13.8 Å². The zero-order valence-electron chi connectivity index (χ0n) is 8.42. The van der Waals surface area contributed by atoms with Crippen LogP contribution < -0.4 is 5.32 Å². The maximum absolute atomic E-state index is 10.6. The van der Waals surface area contributed by atoms with Crippen molar-refractivity contribution < 1.29 is 14.7 Å². The van der Waals surface area contributed by atoms with E-state index in [2.05, 4.69) is 5.32 Å². The first-order chi connectivity index (χ1) is 6.41. The Morgan fingerprint density at radius 2 is 2.00 bits per heavy atom. The molecule has 0 aliphatic rings. The number of aliphatic carboxylic acids is 1. The van der Waals surface area contributed by atoms with Crippen molar-refractivity contribution in [2.45, 2.75) is 26.7 Å². The normalized spacial score (nSPS) is 12.6. The predicted octanol–water partition coefficient (Wildman–Crippen LogP) is 2.27. The van der Waals surface area contributed by atoms with Gasteiger partial charge in [-0.2, -0.15) is 0 Å². The van der Waals surface area contributed by atoms with Crippen LogP contribution in [0.4, 0.5) is 4.79 Å². The number of carbonyl (C=O) groups is 2. The minimum atomic E-state index is -0.807. The Kier molecular flexibility index (Phi) is 6.86. The van der Waals surface area contributed by atoms with Gasteiger partial charge in [0.2, 0.25) is 0 Å². The van der Waals surface area contributed by atoms with Crippen molar-refractivity contribution in [3.05, 3.63) is 0 Å². The largest absolute Gasteiger partial charge is 0.481 e. The number of hydrogen-bond donors (Lipinski definition) is 2. The van der Waals surface area contributed by atoms with E-state index >= 15 is 0 Å². The van der Waals surface area contributed by atoms with Crippen molar-refractivity contribution in [2.75, 3.05) is 6.54 Å². The molecule has 0 saturated heterocycles. The fourth-order valence-electron chi connectivity index (χ4n) is 1.38. The first kappa shape index (κ1) is 13.7. The van der Waals surface area contributed by atoms with Gasteiger partial charge in [-0.25, -0.2) is 0 Å². The van der Waals surface area contributed by atoms with Gasteiger partial charge in [0.1, 0.15) is 0 Å². The fraction of sp³-hybridized carbons (Fsp3) is 0.778. The van der Waals surface area contributed by atoms with Crippen LogP contribution in [0.3, 0.4) is 0 Å². The molecule has 0 aliphatic carbocycles. The molecule has 2 N–H and O–H groups in total. The maximum Gasteiger partial charge on any atom is 0.303 e. The summed E-state index contributed by atoms with van der Waals surface area (Å²) in [6, 6.07) is 0. The number of halogens is 1. The summed E-state index contributed by atoms with van der Waals surface area (Å²) in [5, 5.41) is 11.3. The molecule has 0 fully saturated rings. The number of carbonyl (C=O) groups excluding carboxylic acids is 1. The highest BCUT2D eigenvalue weighted by molar-refractivity contribution is 14.1. The van der Waals surface area contributed by atoms with Crippen LogP contribution in [0, 0.1) is 11.8 Å². The zero-order chi connectivity index (χ0) is 11.1. The van der Waals surface area contributed by atoms with E-state index in [1.165, 1.54) is 0 Å². The van der Waals surface area contributed by atoms with E-state index in [9.17, 15) is 9.59 Å². The monoisotopic (exact) mass is 313 g/mol. The summed E-state index contributed by atoms with van der Waals surface area (Å²) >= 11 is 1.65. The second-order valence-electron chi connectivity index (χ2n) is 3.75. The molecule has 82 valence electrons. The van der Waals surface area contributed by atoms with E-state index in [0.29, 0.717) is 12.5 Å². The maximum atomic E-state index is 10.6. The lowest BCUT2D eigenvalue weighted by Gasteiger charge is -2.16. The Bertz CT molecular complexity index is 206. The number of carboxylic acids is 1. The molecule has 0 aromatic rings. The molecule has 0 heterocycles. The van der Waals surface area contributed by atoms with Gasteiger partial charge in [0.25, 0.3) is 3.91 Å². The average molecular weight is 313 g/mol. The van der Waals surface area contributed by atoms with Gasteiger partial charge in [0, 0.05) is 35.6 Å². The molecule has 0 saturated carbocycles. The number of nitrogens with one attached hydrogen (secondary N) is 1. The van der Waals surface area contributed by atoms with Crippen LogP contribution in [0.5, 0.6) is 0 Å². The van der Waals surface area contributed by atoms with Gasteiger partial charge in [-0.1, -0.05) is 13.8 Å². The predicted molar refractivity (Wildman–Crippen MR) is 62.6 cm³/mol. The molecule has 0 radical (unpaired) electrons. The van der Waals surface area contributed by atoms with Crippen molar-refractivity contribution in [3.63, 3.8) is 0 Å². The van der Waals surface area contributed by atoms with Crippen LogP contribution in [-0.2, 0) is 4.79 Å². The average Bonchev–Trinajstić information content (AvgIpc) is 1.97. The lowest BCUT2D eigenvalue weighted by Crippen LogP contribution is -2.27. The van der Waals surface area contributed by atoms with Gasteiger partial charge < -0.3 is 10.4 Å². The number of hydrogen-bond acceptors (Lipinski definition) is 2. The van der Waals surface area contributed by atoms with Gasteiger partial charge in [0.05, 0.1) is 0 Å². The third-order valence-electron chi connectivity index (χ3n) is 1.80. The molecule has 1 amide bonds. The van der Waals surface area contributed by atoms with E-state index in [4.69, 9.17) is 5.11 Å². The summed E-state index contributed by atoms with van der Waals surface area (Å²) < 4.78 is -0.137. The Balaban J connectivity index is 3.96. The molecular formula is C9H16INO3. The number of carboxylic acid groups (broad SMARTS) is 1. The van der Waals surface area contributed by atoms with Gasteiger partial charge in [0.15, 0.2) is 0 Å². The quantitative estimate of drug-likeness (QED) is 0.449. The summed E-state index contributed by atoms with van der Waals surface area (Å²) in [6.45, 7) is 4.54. The Morgan fingerprint density at radius 1 is 1.43 bits per heavy atom. The topological polar surface area (TPSA) is 66.4 Å². The molecule has 0 rings (SSSR count). The van der Waals surface area contributed by atoms with Crippen LogP contribution >= 0.6 is 22.6 Å². The highest BCUT2D eigenvalue weighted by Gasteiger charge is 2.15. The molecular weight excluding hydrogens is 297 g/mol. The van der Waals surface area contributed by atoms with Crippen LogP contribution in [0.2, 0.25) is 0 Å². The summed E-state index contributed by atoms with van der Waals surface area (Å²) in [4.78, 5) is 21.2. The Morgan fingerprint density at radius 3 is 2.36 bits per heavy atom. The van der Waals surface area contributed by atoms with E-state index < -0.39 is 5.97 Å². The second-order valence-corrected chi connectivity index (χ2v) is 4.73. The van der Waals surface area contributed by atoms with Gasteiger partial charge in [-0.3, -0.25) is 9.59 Å². The zero-order valence-corrected chi connectivity index (χ0v) is 10.6. The van der Waals surface area contributed by atoms with Crippen LogP contribution in [-0.4, -0.2) is 21.5 Å². The smallest absolute Gasteiger partial charge is 0.303 e. The first-order valence-corrected chi connectivity index (χ1v) is 5.64. The molecule has 0 bridgehead atoms. The fourth-order valence-corrected chi connectivity index (χ4v) is 1.60. The lowest BCUT2D eigenvalue weighted by atomic mass is 9.94. The highest BCUT2D eigenvalue weighted by atomic mass is 127. The third kappa shape index (κ3) is 8.28. The van der Waals surface area contributed by atoms with Gasteiger partial charge in [-0.15, -0.1) is 0 Å². The van der Waals surface area contributed by atoms with Crippen LogP contribution in [0.25, 0.3) is 0 Å². The van der Waals surface area contributed by atoms with E-state index in [1.54, 1.807) is 22.6 Å². The van der Waals surface area contributed by atoms with E-state index in [-0.39, 0.29) is 16.3 Å². The van der Waals surface area contributed by atoms with Crippen molar-refractivity contribution in [1.82, 2.24) is 5.32 Å². The molecule has 5 heteroatoms. The summed E-state index contributed by atoms with van der Waals surface area (Å²) in [6.07, 6.45) is 0.943. The second kappa shape index (κ2) is 7.03. The molecule has 14 heavy (non-hydrogen) atoms. The Hall–Kier alpha value is -0.330. The van der Waals surface area contributed by atoms with Gasteiger partial charge >= 0.3 is 5.97 Å². The minimum Gasteiger partial charge on any atom is -0.481 e. The molecule has 0 aromatic carbocycles.